The molecule has 3 atom stereocenters. The predicted octanol–water partition coefficient (Wildman–Crippen LogP) is 6.43. The molecule has 0 saturated carbocycles. The molecule has 0 N–H and O–H groups in total. The molecule has 170 valence electrons. The fraction of sp³-hybridized carbons (Fsp3) is 0.357. The van der Waals surface area contributed by atoms with Gasteiger partial charge in [0.2, 0.25) is 0 Å². The fourth-order valence-corrected chi connectivity index (χ4v) is 7.14. The van der Waals surface area contributed by atoms with Crippen molar-refractivity contribution >= 4 is 17.0 Å². The molecule has 33 heavy (non-hydrogen) atoms. The molecule has 2 fully saturated rings. The number of hydrogen-bond acceptors (Lipinski definition) is 3. The lowest BCUT2D eigenvalue weighted by atomic mass is 9.85. The Balaban J connectivity index is 1.40. The summed E-state index contributed by atoms with van der Waals surface area (Å²) in [6, 6.07) is 26.1. The van der Waals surface area contributed by atoms with E-state index in [0.717, 1.165) is 24.3 Å². The van der Waals surface area contributed by atoms with Gasteiger partial charge in [-0.3, -0.25) is 0 Å². The molecule has 5 rings (SSSR count). The number of fused-ring (bicyclic) bond motifs is 2. The molecular weight excluding hydrogens is 428 g/mol. The van der Waals surface area contributed by atoms with Gasteiger partial charge < -0.3 is 9.64 Å². The second-order valence-electron chi connectivity index (χ2n) is 9.89. The zero-order valence-corrected chi connectivity index (χ0v) is 20.3. The van der Waals surface area contributed by atoms with Crippen LogP contribution in [0.15, 0.2) is 93.8 Å². The maximum Gasteiger partial charge on any atom is 0.410 e. The Labute approximate surface area is 199 Å². The molecule has 0 radical (unpaired) electrons. The van der Waals surface area contributed by atoms with Crippen molar-refractivity contribution in [2.45, 2.75) is 78.5 Å². The van der Waals surface area contributed by atoms with Crippen LogP contribution in [0.5, 0.6) is 0 Å². The van der Waals surface area contributed by atoms with Crippen molar-refractivity contribution in [1.82, 2.24) is 9.88 Å². The summed E-state index contributed by atoms with van der Waals surface area (Å²) in [6.45, 7) is 5.79. The summed E-state index contributed by atoms with van der Waals surface area (Å²) < 4.78 is 5.71. The van der Waals surface area contributed by atoms with E-state index in [4.69, 9.17) is 9.72 Å². The van der Waals surface area contributed by atoms with Crippen LogP contribution in [0.25, 0.3) is 0 Å². The Kier molecular flexibility index (Phi) is 5.92. The topological polar surface area (TPSA) is 42.4 Å². The lowest BCUT2D eigenvalue weighted by Gasteiger charge is -2.28. The SMILES string of the molecule is CC(C)(C)OC(=O)N1[C@H]2CC[C@@H]1[C@@H](c1ccc([S+](c3ccccc3)c3ccccc3)nc1)C2. The van der Waals surface area contributed by atoms with E-state index in [2.05, 4.69) is 72.8 Å². The first-order chi connectivity index (χ1) is 15.9. The van der Waals surface area contributed by atoms with Gasteiger partial charge in [-0.05, 0) is 69.9 Å². The Morgan fingerprint density at radius 3 is 2.12 bits per heavy atom. The minimum Gasteiger partial charge on any atom is -0.444 e. The number of amides is 1. The molecule has 2 bridgehead atoms. The second-order valence-corrected chi connectivity index (χ2v) is 11.9. The summed E-state index contributed by atoms with van der Waals surface area (Å²) in [7, 11) is -0.248. The normalized spacial score (nSPS) is 22.1. The number of carbonyl (C=O) groups excluding carboxylic acids is 1. The first-order valence-corrected chi connectivity index (χ1v) is 12.9. The summed E-state index contributed by atoms with van der Waals surface area (Å²) in [5.74, 6) is 0.327. The monoisotopic (exact) mass is 459 g/mol. The lowest BCUT2D eigenvalue weighted by molar-refractivity contribution is 0.0213. The summed E-state index contributed by atoms with van der Waals surface area (Å²) in [5.41, 5.74) is 0.756. The highest BCUT2D eigenvalue weighted by molar-refractivity contribution is 7.97. The van der Waals surface area contributed by atoms with Crippen molar-refractivity contribution in [1.29, 1.82) is 0 Å². The minimum atomic E-state index is -0.470. The second kappa shape index (κ2) is 8.86. The quantitative estimate of drug-likeness (QED) is 0.422. The third-order valence-electron chi connectivity index (χ3n) is 6.50. The zero-order valence-electron chi connectivity index (χ0n) is 19.5. The molecule has 0 spiro atoms. The Bertz CT molecular complexity index is 1060. The molecule has 2 aliphatic heterocycles. The average Bonchev–Trinajstić information content (AvgIpc) is 3.39. The number of aromatic nitrogens is 1. The fourth-order valence-electron chi connectivity index (χ4n) is 5.17. The molecule has 1 amide bonds. The summed E-state index contributed by atoms with van der Waals surface area (Å²) in [5, 5.41) is 1.07. The van der Waals surface area contributed by atoms with Crippen molar-refractivity contribution in [3.05, 3.63) is 84.6 Å². The van der Waals surface area contributed by atoms with Crippen molar-refractivity contribution in [3.8, 4) is 0 Å². The number of pyridine rings is 1. The largest absolute Gasteiger partial charge is 0.444 e. The van der Waals surface area contributed by atoms with E-state index in [1.165, 1.54) is 15.4 Å². The van der Waals surface area contributed by atoms with Gasteiger partial charge >= 0.3 is 6.09 Å². The van der Waals surface area contributed by atoms with E-state index in [9.17, 15) is 4.79 Å². The van der Waals surface area contributed by atoms with Crippen molar-refractivity contribution in [2.75, 3.05) is 0 Å². The predicted molar refractivity (Wildman–Crippen MR) is 132 cm³/mol. The van der Waals surface area contributed by atoms with E-state index in [1.54, 1.807) is 0 Å². The van der Waals surface area contributed by atoms with Gasteiger partial charge in [0, 0.05) is 30.3 Å². The number of hydrogen-bond donors (Lipinski definition) is 0. The van der Waals surface area contributed by atoms with Crippen LogP contribution < -0.4 is 0 Å². The van der Waals surface area contributed by atoms with Gasteiger partial charge in [0.05, 0.1) is 0 Å². The van der Waals surface area contributed by atoms with Crippen LogP contribution in [0.2, 0.25) is 0 Å². The third kappa shape index (κ3) is 4.51. The highest BCUT2D eigenvalue weighted by atomic mass is 32.2. The highest BCUT2D eigenvalue weighted by Gasteiger charge is 2.50. The first-order valence-electron chi connectivity index (χ1n) is 11.7. The van der Waals surface area contributed by atoms with Crippen molar-refractivity contribution in [3.63, 3.8) is 0 Å². The standard InChI is InChI=1S/C28H31N2O2S/c1-28(2,3)32-27(31)30-21-15-16-25(30)24(18-21)20-14-17-26(29-19-20)33(22-10-6-4-7-11-22)23-12-8-5-9-13-23/h4-14,17,19,21,24-25H,15-16,18H2,1-3H3/q+1/t21-,24+,25+/m0/s1. The van der Waals surface area contributed by atoms with Crippen LogP contribution in [0.3, 0.4) is 0 Å². The molecule has 1 aromatic heterocycles. The Hall–Kier alpha value is -2.79. The van der Waals surface area contributed by atoms with E-state index in [1.807, 2.05) is 31.9 Å². The molecule has 5 heteroatoms. The van der Waals surface area contributed by atoms with Crippen LogP contribution >= 0.6 is 0 Å². The number of ether oxygens (including phenoxy) is 1. The third-order valence-corrected chi connectivity index (χ3v) is 8.64. The summed E-state index contributed by atoms with van der Waals surface area (Å²) >= 11 is 0. The van der Waals surface area contributed by atoms with Crippen LogP contribution in [-0.4, -0.2) is 33.7 Å². The Morgan fingerprint density at radius 2 is 1.58 bits per heavy atom. The van der Waals surface area contributed by atoms with Crippen LogP contribution in [0.1, 0.15) is 51.5 Å². The molecule has 4 nitrogen and oxygen atoms in total. The number of benzene rings is 2. The smallest absolute Gasteiger partial charge is 0.410 e. The van der Waals surface area contributed by atoms with E-state index >= 15 is 0 Å². The van der Waals surface area contributed by atoms with E-state index < -0.39 is 5.60 Å². The maximum absolute atomic E-state index is 12.8. The van der Waals surface area contributed by atoms with Gasteiger partial charge in [-0.25, -0.2) is 9.78 Å². The molecule has 2 aromatic carbocycles. The van der Waals surface area contributed by atoms with Crippen LogP contribution in [-0.2, 0) is 15.6 Å². The van der Waals surface area contributed by atoms with Gasteiger partial charge in [0.15, 0.2) is 9.79 Å². The molecule has 0 unspecified atom stereocenters. The number of nitrogens with zero attached hydrogens (tertiary/aromatic N) is 2. The van der Waals surface area contributed by atoms with Crippen LogP contribution in [0, 0.1) is 0 Å². The van der Waals surface area contributed by atoms with Gasteiger partial charge in [0.1, 0.15) is 16.5 Å². The molecule has 0 aliphatic carbocycles. The zero-order chi connectivity index (χ0) is 23.0. The van der Waals surface area contributed by atoms with Gasteiger partial charge in [-0.2, -0.15) is 0 Å². The number of rotatable bonds is 4. The lowest BCUT2D eigenvalue weighted by Crippen LogP contribution is -2.40. The van der Waals surface area contributed by atoms with Gasteiger partial charge in [0.25, 0.3) is 5.03 Å². The molecule has 2 saturated heterocycles. The number of carbonyl (C=O) groups is 1. The van der Waals surface area contributed by atoms with Crippen molar-refractivity contribution in [2.24, 2.45) is 0 Å². The highest BCUT2D eigenvalue weighted by Crippen LogP contribution is 2.47. The van der Waals surface area contributed by atoms with Gasteiger partial charge in [-0.15, -0.1) is 0 Å². The van der Waals surface area contributed by atoms with Gasteiger partial charge in [-0.1, -0.05) is 42.5 Å². The van der Waals surface area contributed by atoms with E-state index in [-0.39, 0.29) is 29.1 Å². The maximum atomic E-state index is 12.8. The minimum absolute atomic E-state index is 0.170. The summed E-state index contributed by atoms with van der Waals surface area (Å²) in [6.07, 6.45) is 4.97. The van der Waals surface area contributed by atoms with Crippen molar-refractivity contribution < 1.29 is 9.53 Å². The van der Waals surface area contributed by atoms with E-state index in [0.29, 0.717) is 5.92 Å². The first kappa shape index (κ1) is 22.0. The van der Waals surface area contributed by atoms with Crippen LogP contribution in [0.4, 0.5) is 4.79 Å². The molecular formula is C28H31N2O2S+. The molecule has 3 heterocycles. The average molecular weight is 460 g/mol. The molecule has 3 aromatic rings. The summed E-state index contributed by atoms with van der Waals surface area (Å²) in [4.78, 5) is 22.3. The molecule has 2 aliphatic rings. The Morgan fingerprint density at radius 1 is 0.939 bits per heavy atom.